The van der Waals surface area contributed by atoms with Crippen LogP contribution in [0.2, 0.25) is 5.02 Å². The molecular formula is C14H16BrClO. The quantitative estimate of drug-likeness (QED) is 0.373. The van der Waals surface area contributed by atoms with Gasteiger partial charge in [-0.3, -0.25) is 4.79 Å². The molecule has 0 saturated heterocycles. The average Bonchev–Trinajstić information content (AvgIpc) is 2.32. The highest BCUT2D eigenvalue weighted by atomic mass is 79.9. The Morgan fingerprint density at radius 2 is 2.12 bits per heavy atom. The molecule has 0 bridgehead atoms. The van der Waals surface area contributed by atoms with Gasteiger partial charge in [-0.2, -0.15) is 0 Å². The lowest BCUT2D eigenvalue weighted by Crippen LogP contribution is -2.00. The van der Waals surface area contributed by atoms with Gasteiger partial charge in [0.25, 0.3) is 0 Å². The topological polar surface area (TPSA) is 17.1 Å². The van der Waals surface area contributed by atoms with E-state index < -0.39 is 0 Å². The second-order valence-electron chi connectivity index (χ2n) is 3.94. The van der Waals surface area contributed by atoms with Crippen LogP contribution in [0.4, 0.5) is 0 Å². The van der Waals surface area contributed by atoms with Gasteiger partial charge in [-0.05, 0) is 37.5 Å². The molecule has 0 aliphatic carbocycles. The molecule has 92 valence electrons. The Kier molecular flexibility index (Phi) is 6.53. The summed E-state index contributed by atoms with van der Waals surface area (Å²) in [4.78, 5) is 11.9. The molecule has 0 saturated carbocycles. The second-order valence-corrected chi connectivity index (χ2v) is 5.26. The highest BCUT2D eigenvalue weighted by molar-refractivity contribution is 9.10. The van der Waals surface area contributed by atoms with Crippen LogP contribution in [-0.2, 0) is 0 Å². The van der Waals surface area contributed by atoms with E-state index in [0.29, 0.717) is 17.0 Å². The van der Waals surface area contributed by atoms with Crippen molar-refractivity contribution in [1.29, 1.82) is 0 Å². The molecule has 0 aliphatic rings. The Balaban J connectivity index is 2.46. The van der Waals surface area contributed by atoms with Crippen molar-refractivity contribution in [2.75, 3.05) is 0 Å². The normalized spacial score (nSPS) is 10.2. The first-order valence-electron chi connectivity index (χ1n) is 5.74. The second kappa shape index (κ2) is 7.67. The third-order valence-corrected chi connectivity index (χ3v) is 3.36. The molecule has 0 spiro atoms. The van der Waals surface area contributed by atoms with E-state index in [4.69, 9.17) is 11.6 Å². The number of rotatable bonds is 7. The molecule has 0 aliphatic heterocycles. The molecule has 0 fully saturated rings. The van der Waals surface area contributed by atoms with Gasteiger partial charge in [-0.15, -0.1) is 6.58 Å². The van der Waals surface area contributed by atoms with Crippen molar-refractivity contribution in [1.82, 2.24) is 0 Å². The van der Waals surface area contributed by atoms with Gasteiger partial charge >= 0.3 is 0 Å². The standard InChI is InChI=1S/C14H16BrClO/c1-2-3-4-5-6-7-14(17)12-10-11(15)8-9-13(12)16/h2,8-10H,1,3-7H2. The minimum Gasteiger partial charge on any atom is -0.294 e. The van der Waals surface area contributed by atoms with Crippen LogP contribution in [0.25, 0.3) is 0 Å². The summed E-state index contributed by atoms with van der Waals surface area (Å²) >= 11 is 9.34. The predicted octanol–water partition coefficient (Wildman–Crippen LogP) is 5.42. The minimum absolute atomic E-state index is 0.120. The Labute approximate surface area is 116 Å². The summed E-state index contributed by atoms with van der Waals surface area (Å²) in [5.41, 5.74) is 0.616. The number of ketones is 1. The van der Waals surface area contributed by atoms with Crippen molar-refractivity contribution < 1.29 is 4.79 Å². The molecule has 1 aromatic rings. The Bertz CT molecular complexity index is 401. The van der Waals surface area contributed by atoms with E-state index in [0.717, 1.165) is 30.2 Å². The van der Waals surface area contributed by atoms with E-state index in [-0.39, 0.29) is 5.78 Å². The number of halogens is 2. The van der Waals surface area contributed by atoms with Gasteiger partial charge in [0.15, 0.2) is 5.78 Å². The smallest absolute Gasteiger partial charge is 0.164 e. The fraction of sp³-hybridized carbons (Fsp3) is 0.357. The predicted molar refractivity (Wildman–Crippen MR) is 76.8 cm³/mol. The van der Waals surface area contributed by atoms with Gasteiger partial charge in [-0.25, -0.2) is 0 Å². The first kappa shape index (κ1) is 14.5. The monoisotopic (exact) mass is 314 g/mol. The van der Waals surface area contributed by atoms with Crippen LogP contribution in [0.3, 0.4) is 0 Å². The van der Waals surface area contributed by atoms with Crippen molar-refractivity contribution in [3.8, 4) is 0 Å². The summed E-state index contributed by atoms with van der Waals surface area (Å²) in [6, 6.07) is 5.37. The van der Waals surface area contributed by atoms with Gasteiger partial charge in [0.2, 0.25) is 0 Å². The lowest BCUT2D eigenvalue weighted by molar-refractivity contribution is 0.0979. The highest BCUT2D eigenvalue weighted by Gasteiger charge is 2.10. The number of carbonyl (C=O) groups is 1. The van der Waals surface area contributed by atoms with Crippen LogP contribution in [0.5, 0.6) is 0 Å². The van der Waals surface area contributed by atoms with E-state index >= 15 is 0 Å². The van der Waals surface area contributed by atoms with E-state index in [9.17, 15) is 4.79 Å². The summed E-state index contributed by atoms with van der Waals surface area (Å²) in [5, 5.41) is 0.532. The molecule has 1 nitrogen and oxygen atoms in total. The highest BCUT2D eigenvalue weighted by Crippen LogP contribution is 2.23. The molecule has 0 aromatic heterocycles. The van der Waals surface area contributed by atoms with Gasteiger partial charge in [0.1, 0.15) is 0 Å². The van der Waals surface area contributed by atoms with E-state index in [2.05, 4.69) is 22.5 Å². The molecule has 1 rings (SSSR count). The zero-order valence-corrected chi connectivity index (χ0v) is 12.1. The van der Waals surface area contributed by atoms with Gasteiger partial charge in [-0.1, -0.05) is 40.0 Å². The zero-order valence-electron chi connectivity index (χ0n) is 9.72. The molecule has 0 heterocycles. The van der Waals surface area contributed by atoms with Crippen molar-refractivity contribution in [3.63, 3.8) is 0 Å². The molecule has 3 heteroatoms. The Morgan fingerprint density at radius 1 is 1.35 bits per heavy atom. The molecule has 17 heavy (non-hydrogen) atoms. The van der Waals surface area contributed by atoms with Crippen LogP contribution in [0.15, 0.2) is 35.3 Å². The van der Waals surface area contributed by atoms with E-state index in [1.54, 1.807) is 12.1 Å². The summed E-state index contributed by atoms with van der Waals surface area (Å²) < 4.78 is 0.886. The number of hydrogen-bond acceptors (Lipinski definition) is 1. The third kappa shape index (κ3) is 5.05. The van der Waals surface area contributed by atoms with Gasteiger partial charge in [0.05, 0.1) is 5.02 Å². The maximum atomic E-state index is 11.9. The Hall–Kier alpha value is -0.600. The summed E-state index contributed by atoms with van der Waals surface area (Å²) in [6.07, 6.45) is 6.56. The lowest BCUT2D eigenvalue weighted by atomic mass is 10.0. The van der Waals surface area contributed by atoms with Crippen LogP contribution >= 0.6 is 27.5 Å². The number of carbonyl (C=O) groups excluding carboxylic acids is 1. The molecule has 0 radical (unpaired) electrons. The zero-order chi connectivity index (χ0) is 12.7. The van der Waals surface area contributed by atoms with E-state index in [1.807, 2.05) is 12.1 Å². The van der Waals surface area contributed by atoms with Crippen molar-refractivity contribution >= 4 is 33.3 Å². The van der Waals surface area contributed by atoms with Crippen LogP contribution in [0.1, 0.15) is 42.5 Å². The molecule has 1 aromatic carbocycles. The molecule has 0 amide bonds. The molecule has 0 unspecified atom stereocenters. The van der Waals surface area contributed by atoms with Crippen LogP contribution in [0, 0.1) is 0 Å². The number of unbranched alkanes of at least 4 members (excludes halogenated alkanes) is 3. The molecular weight excluding hydrogens is 300 g/mol. The fourth-order valence-electron chi connectivity index (χ4n) is 1.60. The van der Waals surface area contributed by atoms with Crippen molar-refractivity contribution in [2.45, 2.75) is 32.1 Å². The largest absolute Gasteiger partial charge is 0.294 e. The SMILES string of the molecule is C=CCCCCCC(=O)c1cc(Br)ccc1Cl. The van der Waals surface area contributed by atoms with E-state index in [1.165, 1.54) is 0 Å². The van der Waals surface area contributed by atoms with Crippen molar-refractivity contribution in [2.24, 2.45) is 0 Å². The number of benzene rings is 1. The first-order valence-corrected chi connectivity index (χ1v) is 6.91. The van der Waals surface area contributed by atoms with Gasteiger partial charge in [0, 0.05) is 16.5 Å². The average molecular weight is 316 g/mol. The lowest BCUT2D eigenvalue weighted by Gasteiger charge is -2.04. The molecule has 0 N–H and O–H groups in total. The third-order valence-electron chi connectivity index (χ3n) is 2.54. The number of hydrogen-bond donors (Lipinski definition) is 0. The Morgan fingerprint density at radius 3 is 2.82 bits per heavy atom. The summed E-state index contributed by atoms with van der Waals surface area (Å²) in [5.74, 6) is 0.120. The first-order chi connectivity index (χ1) is 8.15. The summed E-state index contributed by atoms with van der Waals surface area (Å²) in [7, 11) is 0. The maximum absolute atomic E-state index is 11.9. The van der Waals surface area contributed by atoms with Crippen LogP contribution < -0.4 is 0 Å². The van der Waals surface area contributed by atoms with Gasteiger partial charge < -0.3 is 0 Å². The number of Topliss-reactive ketones (excluding diaryl/α,β-unsaturated/α-hetero) is 1. The minimum atomic E-state index is 0.120. The van der Waals surface area contributed by atoms with Crippen molar-refractivity contribution in [3.05, 3.63) is 45.9 Å². The number of allylic oxidation sites excluding steroid dienone is 1. The maximum Gasteiger partial charge on any atom is 0.164 e. The summed E-state index contributed by atoms with van der Waals surface area (Å²) in [6.45, 7) is 3.67. The molecule has 0 atom stereocenters. The fourth-order valence-corrected chi connectivity index (χ4v) is 2.18. The van der Waals surface area contributed by atoms with Crippen LogP contribution in [-0.4, -0.2) is 5.78 Å².